The summed E-state index contributed by atoms with van der Waals surface area (Å²) in [5.41, 5.74) is 2.34. The SMILES string of the molecule is O=C(CC1OCCc2ccccc21)c1c(F)cccc1Br. The minimum absolute atomic E-state index is 0.101. The first-order valence-electron chi connectivity index (χ1n) is 6.83. The van der Waals surface area contributed by atoms with Crippen LogP contribution < -0.4 is 0 Å². The number of ether oxygens (including phenoxy) is 1. The molecule has 21 heavy (non-hydrogen) atoms. The molecular weight excluding hydrogens is 335 g/mol. The Kier molecular flexibility index (Phi) is 4.17. The Balaban J connectivity index is 1.86. The van der Waals surface area contributed by atoms with Crippen LogP contribution in [0, 0.1) is 5.82 Å². The number of halogens is 2. The zero-order valence-corrected chi connectivity index (χ0v) is 12.9. The molecule has 0 amide bonds. The van der Waals surface area contributed by atoms with Crippen LogP contribution in [0.25, 0.3) is 0 Å². The Morgan fingerprint density at radius 3 is 2.86 bits per heavy atom. The monoisotopic (exact) mass is 348 g/mol. The topological polar surface area (TPSA) is 26.3 Å². The van der Waals surface area contributed by atoms with Gasteiger partial charge in [-0.2, -0.15) is 0 Å². The molecule has 0 spiro atoms. The van der Waals surface area contributed by atoms with E-state index in [9.17, 15) is 9.18 Å². The summed E-state index contributed by atoms with van der Waals surface area (Å²) in [5, 5.41) is 0. The average Bonchev–Trinajstić information content (AvgIpc) is 2.47. The maximum atomic E-state index is 13.9. The van der Waals surface area contributed by atoms with Crippen LogP contribution in [0.3, 0.4) is 0 Å². The van der Waals surface area contributed by atoms with Crippen LogP contribution in [0.1, 0.15) is 34.0 Å². The molecule has 108 valence electrons. The van der Waals surface area contributed by atoms with E-state index in [0.29, 0.717) is 11.1 Å². The van der Waals surface area contributed by atoms with E-state index in [4.69, 9.17) is 4.74 Å². The Morgan fingerprint density at radius 1 is 1.24 bits per heavy atom. The predicted octanol–water partition coefficient (Wildman–Crippen LogP) is 4.48. The zero-order valence-electron chi connectivity index (χ0n) is 11.3. The molecular formula is C17H14BrFO2. The molecule has 0 saturated carbocycles. The van der Waals surface area contributed by atoms with Gasteiger partial charge in [-0.15, -0.1) is 0 Å². The van der Waals surface area contributed by atoms with Crippen molar-refractivity contribution in [2.24, 2.45) is 0 Å². The third kappa shape index (κ3) is 2.92. The summed E-state index contributed by atoms with van der Waals surface area (Å²) in [6.07, 6.45) is 0.704. The van der Waals surface area contributed by atoms with Gasteiger partial charge in [0.2, 0.25) is 0 Å². The van der Waals surface area contributed by atoms with Crippen molar-refractivity contribution in [3.8, 4) is 0 Å². The van der Waals surface area contributed by atoms with E-state index >= 15 is 0 Å². The van der Waals surface area contributed by atoms with Gasteiger partial charge in [-0.3, -0.25) is 4.79 Å². The van der Waals surface area contributed by atoms with Crippen LogP contribution in [0.4, 0.5) is 4.39 Å². The second-order valence-electron chi connectivity index (χ2n) is 5.03. The predicted molar refractivity (Wildman–Crippen MR) is 81.9 cm³/mol. The molecule has 2 aromatic carbocycles. The Morgan fingerprint density at radius 2 is 2.05 bits per heavy atom. The highest BCUT2D eigenvalue weighted by molar-refractivity contribution is 9.10. The molecule has 4 heteroatoms. The van der Waals surface area contributed by atoms with Gasteiger partial charge >= 0.3 is 0 Å². The molecule has 0 aliphatic carbocycles. The maximum absolute atomic E-state index is 13.9. The standard InChI is InChI=1S/C17H14BrFO2/c18-13-6-3-7-14(19)17(13)15(20)10-16-12-5-2-1-4-11(12)8-9-21-16/h1-7,16H,8-10H2. The maximum Gasteiger partial charge on any atom is 0.169 e. The number of hydrogen-bond donors (Lipinski definition) is 0. The van der Waals surface area contributed by atoms with Crippen molar-refractivity contribution in [1.82, 2.24) is 0 Å². The van der Waals surface area contributed by atoms with Crippen LogP contribution in [-0.2, 0) is 11.2 Å². The minimum Gasteiger partial charge on any atom is -0.373 e. The van der Waals surface area contributed by atoms with Crippen LogP contribution in [-0.4, -0.2) is 12.4 Å². The number of Topliss-reactive ketones (excluding diaryl/α,β-unsaturated/α-hetero) is 1. The van der Waals surface area contributed by atoms with E-state index in [2.05, 4.69) is 15.9 Å². The summed E-state index contributed by atoms with van der Waals surface area (Å²) in [5.74, 6) is -0.750. The summed E-state index contributed by atoms with van der Waals surface area (Å²) in [6.45, 7) is 0.591. The lowest BCUT2D eigenvalue weighted by Gasteiger charge is -2.25. The fourth-order valence-electron chi connectivity index (χ4n) is 2.68. The average molecular weight is 349 g/mol. The Bertz CT molecular complexity index is 664. The summed E-state index contributed by atoms with van der Waals surface area (Å²) in [4.78, 5) is 12.4. The van der Waals surface area contributed by atoms with Gasteiger partial charge in [0.25, 0.3) is 0 Å². The molecule has 1 unspecified atom stereocenters. The number of fused-ring (bicyclic) bond motifs is 1. The van der Waals surface area contributed by atoms with E-state index in [1.165, 1.54) is 11.6 Å². The van der Waals surface area contributed by atoms with Crippen molar-refractivity contribution in [1.29, 1.82) is 0 Å². The number of rotatable bonds is 3. The van der Waals surface area contributed by atoms with Crippen molar-refractivity contribution in [2.75, 3.05) is 6.61 Å². The molecule has 3 rings (SSSR count). The van der Waals surface area contributed by atoms with E-state index in [1.54, 1.807) is 12.1 Å². The smallest absolute Gasteiger partial charge is 0.169 e. The van der Waals surface area contributed by atoms with E-state index in [1.807, 2.05) is 24.3 Å². The summed E-state index contributed by atoms with van der Waals surface area (Å²) >= 11 is 3.24. The Hall–Kier alpha value is -1.52. The van der Waals surface area contributed by atoms with Crippen molar-refractivity contribution >= 4 is 21.7 Å². The van der Waals surface area contributed by atoms with Crippen molar-refractivity contribution < 1.29 is 13.9 Å². The van der Waals surface area contributed by atoms with Gasteiger partial charge in [-0.1, -0.05) is 30.3 Å². The van der Waals surface area contributed by atoms with Crippen molar-refractivity contribution in [3.63, 3.8) is 0 Å². The van der Waals surface area contributed by atoms with Gasteiger partial charge < -0.3 is 4.74 Å². The number of carbonyl (C=O) groups excluding carboxylic acids is 1. The molecule has 0 fully saturated rings. The summed E-state index contributed by atoms with van der Waals surface area (Å²) in [6, 6.07) is 12.5. The molecule has 0 radical (unpaired) electrons. The van der Waals surface area contributed by atoms with Gasteiger partial charge in [0.05, 0.1) is 18.3 Å². The van der Waals surface area contributed by atoms with Crippen LogP contribution in [0.2, 0.25) is 0 Å². The Labute approximate surface area is 131 Å². The zero-order chi connectivity index (χ0) is 14.8. The first-order chi connectivity index (χ1) is 10.2. The first-order valence-corrected chi connectivity index (χ1v) is 7.62. The van der Waals surface area contributed by atoms with Crippen molar-refractivity contribution in [3.05, 3.63) is 69.4 Å². The van der Waals surface area contributed by atoms with E-state index in [-0.39, 0.29) is 23.9 Å². The van der Waals surface area contributed by atoms with E-state index < -0.39 is 5.82 Å². The minimum atomic E-state index is -0.501. The van der Waals surface area contributed by atoms with Gasteiger partial charge in [-0.25, -0.2) is 4.39 Å². The first kappa shape index (κ1) is 14.4. The van der Waals surface area contributed by atoms with Gasteiger partial charge in [0.1, 0.15) is 5.82 Å². The highest BCUT2D eigenvalue weighted by atomic mass is 79.9. The molecule has 1 heterocycles. The highest BCUT2D eigenvalue weighted by Gasteiger charge is 2.25. The summed E-state index contributed by atoms with van der Waals surface area (Å²) < 4.78 is 20.1. The summed E-state index contributed by atoms with van der Waals surface area (Å²) in [7, 11) is 0. The second kappa shape index (κ2) is 6.08. The fraction of sp³-hybridized carbons (Fsp3) is 0.235. The number of ketones is 1. The van der Waals surface area contributed by atoms with Crippen LogP contribution >= 0.6 is 15.9 Å². The lowest BCUT2D eigenvalue weighted by Crippen LogP contribution is -2.19. The molecule has 0 aromatic heterocycles. The molecule has 2 nitrogen and oxygen atoms in total. The fourth-order valence-corrected chi connectivity index (χ4v) is 3.24. The van der Waals surface area contributed by atoms with Gasteiger partial charge in [0, 0.05) is 10.9 Å². The lowest BCUT2D eigenvalue weighted by atomic mass is 9.93. The molecule has 1 atom stereocenters. The normalized spacial score (nSPS) is 17.3. The third-order valence-electron chi connectivity index (χ3n) is 3.70. The molecule has 0 saturated heterocycles. The lowest BCUT2D eigenvalue weighted by molar-refractivity contribution is 0.0350. The quantitative estimate of drug-likeness (QED) is 0.764. The highest BCUT2D eigenvalue weighted by Crippen LogP contribution is 2.32. The van der Waals surface area contributed by atoms with Crippen LogP contribution in [0.5, 0.6) is 0 Å². The largest absolute Gasteiger partial charge is 0.373 e. The molecule has 1 aliphatic rings. The number of hydrogen-bond acceptors (Lipinski definition) is 2. The van der Waals surface area contributed by atoms with Crippen LogP contribution in [0.15, 0.2) is 46.9 Å². The number of carbonyl (C=O) groups is 1. The molecule has 2 aromatic rings. The van der Waals surface area contributed by atoms with Gasteiger partial charge in [0.15, 0.2) is 5.78 Å². The number of benzene rings is 2. The molecule has 1 aliphatic heterocycles. The molecule has 0 N–H and O–H groups in total. The van der Waals surface area contributed by atoms with E-state index in [0.717, 1.165) is 12.0 Å². The molecule has 0 bridgehead atoms. The third-order valence-corrected chi connectivity index (χ3v) is 4.37. The second-order valence-corrected chi connectivity index (χ2v) is 5.89. The van der Waals surface area contributed by atoms with Gasteiger partial charge in [-0.05, 0) is 45.6 Å². The van der Waals surface area contributed by atoms with Crippen molar-refractivity contribution in [2.45, 2.75) is 18.9 Å².